The van der Waals surface area contributed by atoms with Crippen LogP contribution in [0.3, 0.4) is 0 Å². The standard InChI is InChI=1S/C24H27ClN6O3/c1-15-6-2-3-7-16(15)13-30-18-9-10-29(14-17(18)22(28-30)23(26)32)19-12-27-31(24(33)21(19)25)20-8-4-5-11-34-20/h2-3,6-7,12,20H,4-5,8-11,13-14H2,1H3,(H2,26,32). The molecule has 1 aromatic carbocycles. The van der Waals surface area contributed by atoms with Gasteiger partial charge in [0.25, 0.3) is 11.5 Å². The van der Waals surface area contributed by atoms with Crippen LogP contribution in [0.1, 0.15) is 58.4 Å². The second-order valence-corrected chi connectivity index (χ2v) is 9.19. The van der Waals surface area contributed by atoms with Crippen molar-refractivity contribution >= 4 is 23.2 Å². The lowest BCUT2D eigenvalue weighted by Crippen LogP contribution is -2.36. The Bertz CT molecular complexity index is 1290. The zero-order valence-electron chi connectivity index (χ0n) is 19.0. The molecule has 2 N–H and O–H groups in total. The van der Waals surface area contributed by atoms with Crippen LogP contribution in [0.2, 0.25) is 5.02 Å². The summed E-state index contributed by atoms with van der Waals surface area (Å²) in [4.78, 5) is 27.1. The van der Waals surface area contributed by atoms with Crippen molar-refractivity contribution in [1.82, 2.24) is 19.6 Å². The monoisotopic (exact) mass is 482 g/mol. The highest BCUT2D eigenvalue weighted by atomic mass is 35.5. The molecule has 2 aliphatic heterocycles. The van der Waals surface area contributed by atoms with Crippen LogP contribution in [0.25, 0.3) is 0 Å². The highest BCUT2D eigenvalue weighted by molar-refractivity contribution is 6.33. The van der Waals surface area contributed by atoms with E-state index in [9.17, 15) is 9.59 Å². The number of rotatable bonds is 5. The molecular formula is C24H27ClN6O3. The summed E-state index contributed by atoms with van der Waals surface area (Å²) in [7, 11) is 0. The first-order valence-electron chi connectivity index (χ1n) is 11.5. The average molecular weight is 483 g/mol. The molecular weight excluding hydrogens is 456 g/mol. The Balaban J connectivity index is 1.45. The Hall–Kier alpha value is -3.17. The van der Waals surface area contributed by atoms with Crippen LogP contribution in [0, 0.1) is 6.92 Å². The van der Waals surface area contributed by atoms with Gasteiger partial charge in [-0.2, -0.15) is 14.9 Å². The molecule has 3 aromatic rings. The molecule has 2 aliphatic rings. The van der Waals surface area contributed by atoms with Gasteiger partial charge in [0, 0.05) is 37.4 Å². The van der Waals surface area contributed by atoms with Crippen molar-refractivity contribution in [2.45, 2.75) is 51.9 Å². The second kappa shape index (κ2) is 9.23. The molecule has 0 bridgehead atoms. The van der Waals surface area contributed by atoms with Gasteiger partial charge in [-0.25, -0.2) is 0 Å². The van der Waals surface area contributed by atoms with Gasteiger partial charge < -0.3 is 15.4 Å². The Kier molecular flexibility index (Phi) is 6.14. The lowest BCUT2D eigenvalue weighted by Gasteiger charge is -2.30. The molecule has 4 heterocycles. The fourth-order valence-electron chi connectivity index (χ4n) is 4.75. The van der Waals surface area contributed by atoms with Crippen molar-refractivity contribution in [3.8, 4) is 0 Å². The quantitative estimate of drug-likeness (QED) is 0.599. The molecule has 5 rings (SSSR count). The van der Waals surface area contributed by atoms with Crippen LogP contribution >= 0.6 is 11.6 Å². The van der Waals surface area contributed by atoms with Crippen molar-refractivity contribution in [2.75, 3.05) is 18.1 Å². The number of carbonyl (C=O) groups excluding carboxylic acids is 1. The fraction of sp³-hybridized carbons (Fsp3) is 0.417. The summed E-state index contributed by atoms with van der Waals surface area (Å²) >= 11 is 6.53. The van der Waals surface area contributed by atoms with E-state index in [1.54, 1.807) is 6.20 Å². The molecule has 178 valence electrons. The maximum absolute atomic E-state index is 13.0. The Morgan fingerprint density at radius 3 is 2.85 bits per heavy atom. The molecule has 1 saturated heterocycles. The highest BCUT2D eigenvalue weighted by Gasteiger charge is 2.30. The molecule has 1 atom stereocenters. The van der Waals surface area contributed by atoms with E-state index >= 15 is 0 Å². The van der Waals surface area contributed by atoms with E-state index in [1.165, 1.54) is 4.68 Å². The predicted octanol–water partition coefficient (Wildman–Crippen LogP) is 2.81. The van der Waals surface area contributed by atoms with E-state index in [0.29, 0.717) is 38.3 Å². The van der Waals surface area contributed by atoms with Gasteiger partial charge in [0.15, 0.2) is 11.9 Å². The number of nitrogens with zero attached hydrogens (tertiary/aromatic N) is 5. The molecule has 10 heteroatoms. The largest absolute Gasteiger partial charge is 0.364 e. The van der Waals surface area contributed by atoms with Crippen LogP contribution in [0.4, 0.5) is 5.69 Å². The molecule has 2 aromatic heterocycles. The third-order valence-electron chi connectivity index (χ3n) is 6.64. The maximum atomic E-state index is 13.0. The minimum absolute atomic E-state index is 0.0977. The molecule has 0 radical (unpaired) electrons. The maximum Gasteiger partial charge on any atom is 0.290 e. The summed E-state index contributed by atoms with van der Waals surface area (Å²) in [6, 6.07) is 8.09. The van der Waals surface area contributed by atoms with Crippen molar-refractivity contribution in [1.29, 1.82) is 0 Å². The van der Waals surface area contributed by atoms with Gasteiger partial charge >= 0.3 is 0 Å². The molecule has 1 fully saturated rings. The summed E-state index contributed by atoms with van der Waals surface area (Å²) in [6.07, 6.45) is 4.54. The Morgan fingerprint density at radius 2 is 2.12 bits per heavy atom. The van der Waals surface area contributed by atoms with Gasteiger partial charge in [0.1, 0.15) is 5.02 Å². The number of hydrogen-bond donors (Lipinski definition) is 1. The number of nitrogens with two attached hydrogens (primary N) is 1. The summed E-state index contributed by atoms with van der Waals surface area (Å²) in [5.74, 6) is -0.573. The molecule has 1 amide bonds. The van der Waals surface area contributed by atoms with Crippen LogP contribution in [-0.4, -0.2) is 38.6 Å². The lowest BCUT2D eigenvalue weighted by atomic mass is 10.0. The van der Waals surface area contributed by atoms with E-state index in [1.807, 2.05) is 21.7 Å². The number of benzene rings is 1. The molecule has 1 unspecified atom stereocenters. The number of aryl methyl sites for hydroxylation is 1. The minimum Gasteiger partial charge on any atom is -0.364 e. The van der Waals surface area contributed by atoms with Gasteiger partial charge in [0.2, 0.25) is 0 Å². The van der Waals surface area contributed by atoms with E-state index in [0.717, 1.165) is 41.6 Å². The van der Waals surface area contributed by atoms with Crippen LogP contribution < -0.4 is 16.2 Å². The average Bonchev–Trinajstić information content (AvgIpc) is 3.21. The second-order valence-electron chi connectivity index (χ2n) is 8.81. The third-order valence-corrected chi connectivity index (χ3v) is 7.00. The number of carbonyl (C=O) groups is 1. The number of hydrogen-bond acceptors (Lipinski definition) is 6. The van der Waals surface area contributed by atoms with Crippen LogP contribution in [-0.2, 0) is 24.2 Å². The van der Waals surface area contributed by atoms with E-state index in [2.05, 4.69) is 29.3 Å². The van der Waals surface area contributed by atoms with Gasteiger partial charge in [-0.1, -0.05) is 35.9 Å². The van der Waals surface area contributed by atoms with Crippen molar-refractivity contribution < 1.29 is 9.53 Å². The fourth-order valence-corrected chi connectivity index (χ4v) is 5.01. The minimum atomic E-state index is -0.573. The topological polar surface area (TPSA) is 108 Å². The normalized spacial score (nSPS) is 18.1. The SMILES string of the molecule is Cc1ccccc1Cn1nc(C(N)=O)c2c1CCN(c1cnn(C3CCCCO3)c(=O)c1Cl)C2. The first kappa shape index (κ1) is 22.6. The van der Waals surface area contributed by atoms with E-state index in [-0.39, 0.29) is 22.5 Å². The van der Waals surface area contributed by atoms with Gasteiger partial charge in [-0.05, 0) is 37.3 Å². The van der Waals surface area contributed by atoms with Gasteiger partial charge in [-0.15, -0.1) is 0 Å². The first-order valence-corrected chi connectivity index (χ1v) is 11.9. The smallest absolute Gasteiger partial charge is 0.290 e. The zero-order valence-corrected chi connectivity index (χ0v) is 19.8. The molecule has 0 spiro atoms. The molecule has 0 aliphatic carbocycles. The number of fused-ring (bicyclic) bond motifs is 1. The summed E-state index contributed by atoms with van der Waals surface area (Å²) in [6.45, 7) is 4.19. The summed E-state index contributed by atoms with van der Waals surface area (Å²) in [5, 5.41) is 9.02. The zero-order chi connectivity index (χ0) is 23.8. The van der Waals surface area contributed by atoms with Gasteiger partial charge in [-0.3, -0.25) is 14.3 Å². The molecule has 0 saturated carbocycles. The number of amides is 1. The number of aromatic nitrogens is 4. The van der Waals surface area contributed by atoms with Crippen molar-refractivity contribution in [3.63, 3.8) is 0 Å². The summed E-state index contributed by atoms with van der Waals surface area (Å²) in [5.41, 5.74) is 10.1. The van der Waals surface area contributed by atoms with Crippen LogP contribution in [0.15, 0.2) is 35.3 Å². The molecule has 34 heavy (non-hydrogen) atoms. The first-order chi connectivity index (χ1) is 16.4. The van der Waals surface area contributed by atoms with Gasteiger partial charge in [0.05, 0.1) is 18.4 Å². The molecule has 9 nitrogen and oxygen atoms in total. The van der Waals surface area contributed by atoms with Crippen LogP contribution in [0.5, 0.6) is 0 Å². The van der Waals surface area contributed by atoms with E-state index < -0.39 is 5.91 Å². The van der Waals surface area contributed by atoms with E-state index in [4.69, 9.17) is 22.1 Å². The number of halogens is 1. The Labute approximate surface area is 202 Å². The van der Waals surface area contributed by atoms with Crippen molar-refractivity contribution in [2.24, 2.45) is 5.73 Å². The summed E-state index contributed by atoms with van der Waals surface area (Å²) < 4.78 is 8.90. The number of anilines is 1. The Morgan fingerprint density at radius 1 is 1.29 bits per heavy atom. The predicted molar refractivity (Wildman–Crippen MR) is 128 cm³/mol. The third kappa shape index (κ3) is 4.10. The highest BCUT2D eigenvalue weighted by Crippen LogP contribution is 2.31. The number of ether oxygens (including phenoxy) is 1. The number of primary amides is 1. The van der Waals surface area contributed by atoms with Crippen molar-refractivity contribution in [3.05, 3.63) is 73.9 Å². The lowest BCUT2D eigenvalue weighted by molar-refractivity contribution is -0.0424.